The van der Waals surface area contributed by atoms with Crippen LogP contribution in [0.3, 0.4) is 0 Å². The Bertz CT molecular complexity index is 529. The molecule has 17 heavy (non-hydrogen) atoms. The van der Waals surface area contributed by atoms with Gasteiger partial charge in [-0.25, -0.2) is 15.2 Å². The van der Waals surface area contributed by atoms with E-state index in [-0.39, 0.29) is 5.82 Å². The molecule has 5 nitrogen and oxygen atoms in total. The van der Waals surface area contributed by atoms with Gasteiger partial charge in [-0.3, -0.25) is 4.98 Å². The molecular weight excluding hydrogens is 221 g/mol. The molecule has 0 aliphatic carbocycles. The zero-order valence-corrected chi connectivity index (χ0v) is 9.24. The normalized spacial score (nSPS) is 10.1. The highest BCUT2D eigenvalue weighted by Gasteiger charge is 2.01. The number of nitrogens with zero attached hydrogens (tertiary/aromatic N) is 2. The van der Waals surface area contributed by atoms with Gasteiger partial charge in [-0.15, -0.1) is 0 Å². The van der Waals surface area contributed by atoms with Crippen molar-refractivity contribution in [3.05, 3.63) is 42.0 Å². The second-order valence-corrected chi connectivity index (χ2v) is 3.52. The summed E-state index contributed by atoms with van der Waals surface area (Å²) in [4.78, 5) is 8.09. The van der Waals surface area contributed by atoms with E-state index in [4.69, 9.17) is 5.84 Å². The van der Waals surface area contributed by atoms with Crippen LogP contribution in [0, 0.1) is 12.7 Å². The number of benzene rings is 1. The Balaban J connectivity index is 2.22. The minimum Gasteiger partial charge on any atom is -0.339 e. The minimum absolute atomic E-state index is 0.237. The van der Waals surface area contributed by atoms with Gasteiger partial charge in [0, 0.05) is 5.69 Å². The SMILES string of the molecule is Cc1cc(Nc2cncc(NN)n2)ccc1F. The smallest absolute Gasteiger partial charge is 0.160 e. The fourth-order valence-corrected chi connectivity index (χ4v) is 1.37. The number of aromatic nitrogens is 2. The van der Waals surface area contributed by atoms with Gasteiger partial charge in [0.2, 0.25) is 0 Å². The van der Waals surface area contributed by atoms with Crippen molar-refractivity contribution in [1.82, 2.24) is 9.97 Å². The van der Waals surface area contributed by atoms with Crippen LogP contribution in [-0.2, 0) is 0 Å². The van der Waals surface area contributed by atoms with Gasteiger partial charge in [0.25, 0.3) is 0 Å². The molecule has 2 aromatic rings. The van der Waals surface area contributed by atoms with E-state index in [9.17, 15) is 4.39 Å². The number of halogens is 1. The zero-order chi connectivity index (χ0) is 12.3. The lowest BCUT2D eigenvalue weighted by Gasteiger charge is -2.07. The van der Waals surface area contributed by atoms with Gasteiger partial charge in [0.05, 0.1) is 12.4 Å². The largest absolute Gasteiger partial charge is 0.339 e. The third kappa shape index (κ3) is 2.67. The number of nitrogens with two attached hydrogens (primary N) is 1. The summed E-state index contributed by atoms with van der Waals surface area (Å²) in [6.45, 7) is 1.70. The molecule has 0 saturated heterocycles. The van der Waals surface area contributed by atoms with E-state index in [1.807, 2.05) is 0 Å². The van der Waals surface area contributed by atoms with Crippen LogP contribution in [0.5, 0.6) is 0 Å². The molecule has 0 fully saturated rings. The molecular formula is C11H12FN5. The Morgan fingerprint density at radius 3 is 2.71 bits per heavy atom. The van der Waals surface area contributed by atoms with E-state index in [2.05, 4.69) is 20.7 Å². The number of hydrazine groups is 1. The molecule has 1 heterocycles. The van der Waals surface area contributed by atoms with E-state index in [0.717, 1.165) is 5.69 Å². The summed E-state index contributed by atoms with van der Waals surface area (Å²) in [5.41, 5.74) is 3.71. The predicted octanol–water partition coefficient (Wildman–Crippen LogP) is 1.95. The van der Waals surface area contributed by atoms with Crippen molar-refractivity contribution in [2.24, 2.45) is 5.84 Å². The zero-order valence-electron chi connectivity index (χ0n) is 9.24. The molecule has 1 aromatic heterocycles. The van der Waals surface area contributed by atoms with Crippen molar-refractivity contribution in [3.8, 4) is 0 Å². The molecule has 0 atom stereocenters. The van der Waals surface area contributed by atoms with E-state index in [0.29, 0.717) is 17.2 Å². The third-order valence-electron chi connectivity index (χ3n) is 2.21. The number of hydrogen-bond donors (Lipinski definition) is 3. The Morgan fingerprint density at radius 1 is 1.24 bits per heavy atom. The first-order chi connectivity index (χ1) is 8.19. The van der Waals surface area contributed by atoms with Gasteiger partial charge < -0.3 is 10.7 Å². The standard InChI is InChI=1S/C11H12FN5/c1-7-4-8(2-3-9(7)12)15-10-5-14-6-11(16-10)17-13/h2-6H,13H2,1H3,(H2,15,16,17). The van der Waals surface area contributed by atoms with Crippen LogP contribution in [-0.4, -0.2) is 9.97 Å². The van der Waals surface area contributed by atoms with Crippen LogP contribution in [0.1, 0.15) is 5.56 Å². The molecule has 0 saturated carbocycles. The lowest BCUT2D eigenvalue weighted by atomic mass is 10.2. The van der Waals surface area contributed by atoms with Gasteiger partial charge in [-0.1, -0.05) is 0 Å². The number of rotatable bonds is 3. The lowest BCUT2D eigenvalue weighted by Crippen LogP contribution is -2.09. The summed E-state index contributed by atoms with van der Waals surface area (Å²) >= 11 is 0. The molecule has 0 spiro atoms. The molecule has 0 unspecified atom stereocenters. The highest BCUT2D eigenvalue weighted by molar-refractivity contribution is 5.57. The quantitative estimate of drug-likeness (QED) is 0.558. The van der Waals surface area contributed by atoms with E-state index in [1.54, 1.807) is 25.3 Å². The maximum Gasteiger partial charge on any atom is 0.160 e. The summed E-state index contributed by atoms with van der Waals surface area (Å²) < 4.78 is 13.1. The molecule has 1 aromatic carbocycles. The highest BCUT2D eigenvalue weighted by atomic mass is 19.1. The van der Waals surface area contributed by atoms with E-state index >= 15 is 0 Å². The van der Waals surface area contributed by atoms with Gasteiger partial charge in [0.1, 0.15) is 5.82 Å². The minimum atomic E-state index is -0.237. The third-order valence-corrected chi connectivity index (χ3v) is 2.21. The van der Waals surface area contributed by atoms with Gasteiger partial charge in [-0.05, 0) is 30.7 Å². The Labute approximate surface area is 97.9 Å². The van der Waals surface area contributed by atoms with Crippen molar-refractivity contribution in [1.29, 1.82) is 0 Å². The fraction of sp³-hybridized carbons (Fsp3) is 0.0909. The first-order valence-corrected chi connectivity index (χ1v) is 5.01. The van der Waals surface area contributed by atoms with Crippen LogP contribution in [0.2, 0.25) is 0 Å². The molecule has 2 rings (SSSR count). The van der Waals surface area contributed by atoms with Gasteiger partial charge in [0.15, 0.2) is 11.6 Å². The van der Waals surface area contributed by atoms with Crippen molar-refractivity contribution in [2.75, 3.05) is 10.7 Å². The molecule has 6 heteroatoms. The Kier molecular flexibility index (Phi) is 3.15. The second kappa shape index (κ2) is 4.75. The monoisotopic (exact) mass is 233 g/mol. The fourth-order valence-electron chi connectivity index (χ4n) is 1.37. The molecule has 4 N–H and O–H groups in total. The van der Waals surface area contributed by atoms with Crippen molar-refractivity contribution >= 4 is 17.3 Å². The Morgan fingerprint density at radius 2 is 2.00 bits per heavy atom. The number of hydrogen-bond acceptors (Lipinski definition) is 5. The van der Waals surface area contributed by atoms with Gasteiger partial charge >= 0.3 is 0 Å². The van der Waals surface area contributed by atoms with Crippen LogP contribution >= 0.6 is 0 Å². The summed E-state index contributed by atoms with van der Waals surface area (Å²) in [5, 5.41) is 3.01. The molecule has 0 aliphatic rings. The lowest BCUT2D eigenvalue weighted by molar-refractivity contribution is 0.619. The molecule has 0 amide bonds. The molecule has 0 aliphatic heterocycles. The van der Waals surface area contributed by atoms with E-state index < -0.39 is 0 Å². The topological polar surface area (TPSA) is 75.9 Å². The van der Waals surface area contributed by atoms with Crippen LogP contribution < -0.4 is 16.6 Å². The number of nitrogens with one attached hydrogen (secondary N) is 2. The second-order valence-electron chi connectivity index (χ2n) is 3.52. The van der Waals surface area contributed by atoms with Crippen LogP contribution in [0.4, 0.5) is 21.7 Å². The molecule has 0 bridgehead atoms. The van der Waals surface area contributed by atoms with Crippen molar-refractivity contribution in [2.45, 2.75) is 6.92 Å². The van der Waals surface area contributed by atoms with Crippen molar-refractivity contribution in [3.63, 3.8) is 0 Å². The average molecular weight is 233 g/mol. The molecule has 0 radical (unpaired) electrons. The first kappa shape index (κ1) is 11.3. The van der Waals surface area contributed by atoms with Crippen LogP contribution in [0.25, 0.3) is 0 Å². The number of anilines is 3. The van der Waals surface area contributed by atoms with E-state index in [1.165, 1.54) is 12.3 Å². The molecule has 88 valence electrons. The maximum atomic E-state index is 13.1. The Hall–Kier alpha value is -2.21. The van der Waals surface area contributed by atoms with Crippen LogP contribution in [0.15, 0.2) is 30.6 Å². The summed E-state index contributed by atoms with van der Waals surface area (Å²) in [6.07, 6.45) is 3.06. The highest BCUT2D eigenvalue weighted by Crippen LogP contribution is 2.18. The maximum absolute atomic E-state index is 13.1. The summed E-state index contributed by atoms with van der Waals surface area (Å²) in [5.74, 6) is 5.98. The summed E-state index contributed by atoms with van der Waals surface area (Å²) in [7, 11) is 0. The average Bonchev–Trinajstić information content (AvgIpc) is 2.34. The van der Waals surface area contributed by atoms with Crippen molar-refractivity contribution < 1.29 is 4.39 Å². The number of nitrogen functional groups attached to an aromatic ring is 1. The predicted molar refractivity (Wildman–Crippen MR) is 64.3 cm³/mol. The van der Waals surface area contributed by atoms with Gasteiger partial charge in [-0.2, -0.15) is 0 Å². The first-order valence-electron chi connectivity index (χ1n) is 5.01. The number of aryl methyl sites for hydroxylation is 1. The summed E-state index contributed by atoms with van der Waals surface area (Å²) in [6, 6.07) is 4.72.